The van der Waals surface area contributed by atoms with Gasteiger partial charge in [-0.25, -0.2) is 0 Å². The normalized spacial score (nSPS) is 10.2. The van der Waals surface area contributed by atoms with Crippen molar-refractivity contribution in [2.75, 3.05) is 14.2 Å². The van der Waals surface area contributed by atoms with Crippen molar-refractivity contribution in [2.45, 2.75) is 13.8 Å². The molecule has 2 rings (SSSR count). The van der Waals surface area contributed by atoms with Gasteiger partial charge in [-0.05, 0) is 32.0 Å². The van der Waals surface area contributed by atoms with Crippen molar-refractivity contribution in [3.8, 4) is 11.5 Å². The summed E-state index contributed by atoms with van der Waals surface area (Å²) in [5.41, 5.74) is 2.16. The lowest BCUT2D eigenvalue weighted by Gasteiger charge is -2.12. The van der Waals surface area contributed by atoms with Crippen LogP contribution in [0.15, 0.2) is 24.3 Å². The SMILES string of the molecule is COc1cccc(OC)c1C(=O)c1cc(C)nnc1C. The zero-order chi connectivity index (χ0) is 14.7. The van der Waals surface area contributed by atoms with Crippen LogP contribution in [0, 0.1) is 13.8 Å². The molecule has 1 aromatic heterocycles. The molecule has 0 atom stereocenters. The van der Waals surface area contributed by atoms with Crippen LogP contribution in [0.5, 0.6) is 11.5 Å². The second-order valence-electron chi connectivity index (χ2n) is 4.35. The lowest BCUT2D eigenvalue weighted by molar-refractivity contribution is 0.103. The number of nitrogens with zero attached hydrogens (tertiary/aromatic N) is 2. The number of methoxy groups -OCH3 is 2. The number of ketones is 1. The highest BCUT2D eigenvalue weighted by Gasteiger charge is 2.22. The topological polar surface area (TPSA) is 61.3 Å². The van der Waals surface area contributed by atoms with E-state index in [1.165, 1.54) is 14.2 Å². The zero-order valence-electron chi connectivity index (χ0n) is 11.9. The van der Waals surface area contributed by atoms with Crippen molar-refractivity contribution in [3.63, 3.8) is 0 Å². The molecule has 0 unspecified atom stereocenters. The van der Waals surface area contributed by atoms with E-state index in [2.05, 4.69) is 10.2 Å². The van der Waals surface area contributed by atoms with E-state index >= 15 is 0 Å². The van der Waals surface area contributed by atoms with Gasteiger partial charge in [-0.1, -0.05) is 6.07 Å². The fourth-order valence-electron chi connectivity index (χ4n) is 1.99. The van der Waals surface area contributed by atoms with Crippen LogP contribution in [-0.2, 0) is 0 Å². The molecule has 0 bridgehead atoms. The van der Waals surface area contributed by atoms with Crippen LogP contribution in [0.1, 0.15) is 27.3 Å². The van der Waals surface area contributed by atoms with Crippen LogP contribution in [0.4, 0.5) is 0 Å². The number of carbonyl (C=O) groups excluding carboxylic acids is 1. The van der Waals surface area contributed by atoms with E-state index < -0.39 is 0 Å². The average molecular weight is 272 g/mol. The first-order chi connectivity index (χ1) is 9.58. The predicted octanol–water partition coefficient (Wildman–Crippen LogP) is 2.34. The van der Waals surface area contributed by atoms with Crippen molar-refractivity contribution >= 4 is 5.78 Å². The van der Waals surface area contributed by atoms with Gasteiger partial charge in [0, 0.05) is 5.56 Å². The van der Waals surface area contributed by atoms with Crippen molar-refractivity contribution in [3.05, 3.63) is 46.8 Å². The Morgan fingerprint density at radius 1 is 1.05 bits per heavy atom. The van der Waals surface area contributed by atoms with Gasteiger partial charge in [0.05, 0.1) is 25.6 Å². The number of hydrogen-bond donors (Lipinski definition) is 0. The third-order valence-corrected chi connectivity index (χ3v) is 3.00. The molecule has 0 saturated carbocycles. The summed E-state index contributed by atoms with van der Waals surface area (Å²) < 4.78 is 10.5. The number of aromatic nitrogens is 2. The smallest absolute Gasteiger partial charge is 0.202 e. The van der Waals surface area contributed by atoms with Gasteiger partial charge in [-0.3, -0.25) is 4.79 Å². The van der Waals surface area contributed by atoms with Crippen LogP contribution in [0.2, 0.25) is 0 Å². The number of hydrogen-bond acceptors (Lipinski definition) is 5. The summed E-state index contributed by atoms with van der Waals surface area (Å²) in [7, 11) is 3.04. The molecule has 0 aliphatic heterocycles. The van der Waals surface area contributed by atoms with E-state index in [4.69, 9.17) is 9.47 Å². The molecule has 2 aromatic rings. The number of benzene rings is 1. The largest absolute Gasteiger partial charge is 0.496 e. The molecule has 5 heteroatoms. The third kappa shape index (κ3) is 2.47. The molecule has 1 heterocycles. The molecule has 104 valence electrons. The highest BCUT2D eigenvalue weighted by molar-refractivity contribution is 6.13. The van der Waals surface area contributed by atoms with Gasteiger partial charge < -0.3 is 9.47 Å². The zero-order valence-corrected chi connectivity index (χ0v) is 11.9. The van der Waals surface area contributed by atoms with E-state index in [1.807, 2.05) is 0 Å². The highest BCUT2D eigenvalue weighted by atomic mass is 16.5. The molecule has 1 aromatic carbocycles. The summed E-state index contributed by atoms with van der Waals surface area (Å²) in [5.74, 6) is 0.765. The first-order valence-corrected chi connectivity index (χ1v) is 6.15. The summed E-state index contributed by atoms with van der Waals surface area (Å²) >= 11 is 0. The summed E-state index contributed by atoms with van der Waals surface area (Å²) in [6.07, 6.45) is 0. The van der Waals surface area contributed by atoms with Crippen LogP contribution in [0.25, 0.3) is 0 Å². The monoisotopic (exact) mass is 272 g/mol. The van der Waals surface area contributed by atoms with E-state index in [0.29, 0.717) is 34.0 Å². The molecule has 5 nitrogen and oxygen atoms in total. The van der Waals surface area contributed by atoms with Crippen molar-refractivity contribution < 1.29 is 14.3 Å². The van der Waals surface area contributed by atoms with Crippen LogP contribution in [-0.4, -0.2) is 30.2 Å². The Labute approximate surface area is 117 Å². The molecule has 0 fully saturated rings. The first kappa shape index (κ1) is 14.0. The lowest BCUT2D eigenvalue weighted by atomic mass is 10.0. The van der Waals surface area contributed by atoms with E-state index in [1.54, 1.807) is 38.1 Å². The van der Waals surface area contributed by atoms with Crippen molar-refractivity contribution in [1.82, 2.24) is 10.2 Å². The number of ether oxygens (including phenoxy) is 2. The summed E-state index contributed by atoms with van der Waals surface area (Å²) in [4.78, 5) is 12.8. The predicted molar refractivity (Wildman–Crippen MR) is 74.5 cm³/mol. The van der Waals surface area contributed by atoms with Gasteiger partial charge in [0.1, 0.15) is 17.1 Å². The maximum atomic E-state index is 12.8. The quantitative estimate of drug-likeness (QED) is 0.799. The van der Waals surface area contributed by atoms with Gasteiger partial charge in [0.2, 0.25) is 5.78 Å². The van der Waals surface area contributed by atoms with E-state index in [0.717, 1.165) is 0 Å². The van der Waals surface area contributed by atoms with Gasteiger partial charge in [-0.15, -0.1) is 0 Å². The highest BCUT2D eigenvalue weighted by Crippen LogP contribution is 2.31. The minimum atomic E-state index is -0.185. The van der Waals surface area contributed by atoms with Gasteiger partial charge in [-0.2, -0.15) is 10.2 Å². The molecule has 0 spiro atoms. The average Bonchev–Trinajstić information content (AvgIpc) is 2.48. The summed E-state index contributed by atoms with van der Waals surface area (Å²) in [6, 6.07) is 6.95. The third-order valence-electron chi connectivity index (χ3n) is 3.00. The molecule has 0 saturated heterocycles. The van der Waals surface area contributed by atoms with Gasteiger partial charge in [0.15, 0.2) is 0 Å². The Morgan fingerprint density at radius 3 is 2.20 bits per heavy atom. The fraction of sp³-hybridized carbons (Fsp3) is 0.267. The Morgan fingerprint density at radius 2 is 1.65 bits per heavy atom. The van der Waals surface area contributed by atoms with Crippen LogP contribution in [0.3, 0.4) is 0 Å². The maximum Gasteiger partial charge on any atom is 0.202 e. The Kier molecular flexibility index (Phi) is 3.98. The van der Waals surface area contributed by atoms with Crippen molar-refractivity contribution in [1.29, 1.82) is 0 Å². The summed E-state index contributed by atoms with van der Waals surface area (Å²) in [6.45, 7) is 3.55. The number of aryl methyl sites for hydroxylation is 2. The second kappa shape index (κ2) is 5.69. The van der Waals surface area contributed by atoms with Crippen LogP contribution >= 0.6 is 0 Å². The minimum Gasteiger partial charge on any atom is -0.496 e. The Balaban J connectivity index is 2.61. The maximum absolute atomic E-state index is 12.8. The van der Waals surface area contributed by atoms with Crippen LogP contribution < -0.4 is 9.47 Å². The van der Waals surface area contributed by atoms with Gasteiger partial charge >= 0.3 is 0 Å². The minimum absolute atomic E-state index is 0.185. The molecular weight excluding hydrogens is 256 g/mol. The summed E-state index contributed by atoms with van der Waals surface area (Å²) in [5, 5.41) is 7.92. The standard InChI is InChI=1S/C15H16N2O3/c1-9-8-11(10(2)17-16-9)15(18)14-12(19-3)6-5-7-13(14)20-4/h5-8H,1-4H3. The first-order valence-electron chi connectivity index (χ1n) is 6.15. The number of rotatable bonds is 4. The molecule has 0 radical (unpaired) electrons. The second-order valence-corrected chi connectivity index (χ2v) is 4.35. The Bertz CT molecular complexity index is 631. The lowest BCUT2D eigenvalue weighted by Crippen LogP contribution is -2.10. The molecule has 0 aliphatic rings. The molecule has 0 amide bonds. The van der Waals surface area contributed by atoms with Gasteiger partial charge in [0.25, 0.3) is 0 Å². The fourth-order valence-corrected chi connectivity index (χ4v) is 1.99. The molecule has 20 heavy (non-hydrogen) atoms. The van der Waals surface area contributed by atoms with E-state index in [9.17, 15) is 4.79 Å². The molecule has 0 aliphatic carbocycles. The van der Waals surface area contributed by atoms with E-state index in [-0.39, 0.29) is 5.78 Å². The Hall–Kier alpha value is -2.43. The molecule has 0 N–H and O–H groups in total. The van der Waals surface area contributed by atoms with Crippen molar-refractivity contribution in [2.24, 2.45) is 0 Å². The molecular formula is C15H16N2O3. The number of carbonyl (C=O) groups is 1.